The van der Waals surface area contributed by atoms with E-state index in [1.165, 1.54) is 0 Å². The molecule has 1 aromatic heterocycles. The third-order valence-electron chi connectivity index (χ3n) is 1.93. The molecule has 0 unspecified atom stereocenters. The molecule has 2 N–H and O–H groups in total. The van der Waals surface area contributed by atoms with Crippen LogP contribution in [0.2, 0.25) is 0 Å². The summed E-state index contributed by atoms with van der Waals surface area (Å²) in [4.78, 5) is 3.02. The first kappa shape index (κ1) is 15.3. The minimum atomic E-state index is -5.28. The third-order valence-corrected chi connectivity index (χ3v) is 1.93. The first-order valence-electron chi connectivity index (χ1n) is 4.69. The molecule has 0 atom stereocenters. The van der Waals surface area contributed by atoms with Crippen molar-refractivity contribution in [2.45, 2.75) is 19.1 Å². The van der Waals surface area contributed by atoms with Crippen LogP contribution in [0, 0.1) is 0 Å². The van der Waals surface area contributed by atoms with E-state index in [-0.39, 0.29) is 11.4 Å². The third kappa shape index (κ3) is 3.88. The van der Waals surface area contributed by atoms with Crippen molar-refractivity contribution >= 4 is 0 Å². The molecule has 0 spiro atoms. The maximum atomic E-state index is 12.6. The van der Waals surface area contributed by atoms with Crippen LogP contribution in [-0.2, 0) is 12.7 Å². The Kier molecular flexibility index (Phi) is 4.13. The minimum Gasteiger partial charge on any atom is -0.495 e. The topological polar surface area (TPSA) is 57.4 Å². The molecule has 0 aromatic carbocycles. The zero-order chi connectivity index (χ0) is 14.8. The number of methoxy groups -OCH3 is 1. The molecular weight excluding hydrogens is 282 g/mol. The largest absolute Gasteiger partial charge is 0.573 e. The highest BCUT2D eigenvalue weighted by atomic mass is 19.4. The number of rotatable bonds is 3. The Labute approximate surface area is 103 Å². The van der Waals surface area contributed by atoms with Gasteiger partial charge < -0.3 is 15.2 Å². The van der Waals surface area contributed by atoms with Crippen molar-refractivity contribution in [2.24, 2.45) is 5.73 Å². The second kappa shape index (κ2) is 5.11. The van der Waals surface area contributed by atoms with Gasteiger partial charge in [-0.25, -0.2) is 4.98 Å². The van der Waals surface area contributed by atoms with Crippen LogP contribution in [-0.4, -0.2) is 18.5 Å². The van der Waals surface area contributed by atoms with Gasteiger partial charge in [0, 0.05) is 12.6 Å². The van der Waals surface area contributed by atoms with Gasteiger partial charge in [-0.3, -0.25) is 0 Å². The van der Waals surface area contributed by atoms with Crippen molar-refractivity contribution in [1.82, 2.24) is 4.98 Å². The van der Waals surface area contributed by atoms with Gasteiger partial charge in [-0.05, 0) is 0 Å². The van der Waals surface area contributed by atoms with E-state index in [1.54, 1.807) is 0 Å². The number of halogens is 6. The lowest BCUT2D eigenvalue weighted by Crippen LogP contribution is -2.22. The van der Waals surface area contributed by atoms with Gasteiger partial charge in [0.15, 0.2) is 11.4 Å². The molecule has 1 rings (SSSR count). The number of pyridine rings is 1. The van der Waals surface area contributed by atoms with Gasteiger partial charge in [-0.1, -0.05) is 0 Å². The van der Waals surface area contributed by atoms with Gasteiger partial charge in [0.25, 0.3) is 0 Å². The summed E-state index contributed by atoms with van der Waals surface area (Å²) in [7, 11) is 1.06. The number of alkyl halides is 6. The normalized spacial score (nSPS) is 12.4. The van der Waals surface area contributed by atoms with Crippen molar-refractivity contribution in [1.29, 1.82) is 0 Å². The summed E-state index contributed by atoms with van der Waals surface area (Å²) in [5.41, 5.74) is 3.00. The average Bonchev–Trinajstić information content (AvgIpc) is 2.24. The van der Waals surface area contributed by atoms with Crippen LogP contribution >= 0.6 is 0 Å². The molecule has 0 radical (unpaired) electrons. The van der Waals surface area contributed by atoms with Crippen molar-refractivity contribution < 1.29 is 35.8 Å². The molecule has 0 saturated carbocycles. The van der Waals surface area contributed by atoms with Crippen LogP contribution < -0.4 is 15.2 Å². The fourth-order valence-electron chi connectivity index (χ4n) is 1.24. The van der Waals surface area contributed by atoms with E-state index in [2.05, 4.69) is 14.5 Å². The van der Waals surface area contributed by atoms with Gasteiger partial charge in [-0.15, -0.1) is 13.2 Å². The first-order chi connectivity index (χ1) is 8.58. The minimum absolute atomic E-state index is 0.324. The zero-order valence-electron chi connectivity index (χ0n) is 9.39. The predicted molar refractivity (Wildman–Crippen MR) is 50.4 cm³/mol. The lowest BCUT2D eigenvalue weighted by molar-refractivity contribution is -0.276. The summed E-state index contributed by atoms with van der Waals surface area (Å²) in [6.45, 7) is -0.432. The highest BCUT2D eigenvalue weighted by Crippen LogP contribution is 2.39. The molecule has 19 heavy (non-hydrogen) atoms. The summed E-state index contributed by atoms with van der Waals surface area (Å²) in [5.74, 6) is -1.82. The molecule has 0 saturated heterocycles. The first-order valence-corrected chi connectivity index (χ1v) is 4.69. The average molecular weight is 290 g/mol. The molecule has 0 amide bonds. The van der Waals surface area contributed by atoms with E-state index in [0.29, 0.717) is 6.07 Å². The Bertz CT molecular complexity index is 457. The highest BCUT2D eigenvalue weighted by Gasteiger charge is 2.41. The summed E-state index contributed by atoms with van der Waals surface area (Å²) in [6, 6.07) is 0.450. The van der Waals surface area contributed by atoms with Gasteiger partial charge >= 0.3 is 12.5 Å². The molecule has 0 aliphatic carbocycles. The van der Waals surface area contributed by atoms with E-state index in [4.69, 9.17) is 5.73 Å². The maximum Gasteiger partial charge on any atom is 0.573 e. The molecule has 108 valence electrons. The van der Waals surface area contributed by atoms with Crippen molar-refractivity contribution in [2.75, 3.05) is 7.11 Å². The molecule has 0 bridgehead atoms. The molecule has 1 heterocycles. The number of nitrogens with zero attached hydrogens (tertiary/aromatic N) is 1. The van der Waals surface area contributed by atoms with Crippen molar-refractivity contribution in [3.8, 4) is 11.5 Å². The van der Waals surface area contributed by atoms with Crippen LogP contribution in [0.1, 0.15) is 11.4 Å². The second-order valence-electron chi connectivity index (χ2n) is 3.23. The number of aromatic nitrogens is 1. The fraction of sp³-hybridized carbons (Fsp3) is 0.444. The summed E-state index contributed by atoms with van der Waals surface area (Å²) in [5, 5.41) is 0. The Morgan fingerprint density at radius 1 is 1.16 bits per heavy atom. The Morgan fingerprint density at radius 3 is 2.11 bits per heavy atom. The Morgan fingerprint density at radius 2 is 1.74 bits per heavy atom. The van der Waals surface area contributed by atoms with Crippen LogP contribution in [0.15, 0.2) is 6.07 Å². The quantitative estimate of drug-likeness (QED) is 0.869. The molecule has 4 nitrogen and oxygen atoms in total. The van der Waals surface area contributed by atoms with Crippen molar-refractivity contribution in [3.05, 3.63) is 17.5 Å². The van der Waals surface area contributed by atoms with Gasteiger partial charge in [-0.2, -0.15) is 13.2 Å². The fourth-order valence-corrected chi connectivity index (χ4v) is 1.24. The van der Waals surface area contributed by atoms with Crippen LogP contribution in [0.4, 0.5) is 26.3 Å². The number of hydrogen-bond acceptors (Lipinski definition) is 4. The van der Waals surface area contributed by atoms with E-state index in [1.807, 2.05) is 0 Å². The molecule has 1 aromatic rings. The van der Waals surface area contributed by atoms with Gasteiger partial charge in [0.1, 0.15) is 5.75 Å². The molecule has 0 aliphatic heterocycles. The molecule has 10 heteroatoms. The Hall–Kier alpha value is -1.71. The molecular formula is C9H8F6N2O2. The van der Waals surface area contributed by atoms with E-state index in [9.17, 15) is 26.3 Å². The standard InChI is InChI=1S/C9H8F6N2O2/c1-18-5-2-6(19-9(13,14)15)7(8(10,11)12)17-4(5)3-16/h2H,3,16H2,1H3. The summed E-state index contributed by atoms with van der Waals surface area (Å²) >= 11 is 0. The predicted octanol–water partition coefficient (Wildman–Crippen LogP) is 2.47. The van der Waals surface area contributed by atoms with Gasteiger partial charge in [0.05, 0.1) is 12.8 Å². The number of ether oxygens (including phenoxy) is 2. The highest BCUT2D eigenvalue weighted by molar-refractivity contribution is 5.41. The SMILES string of the molecule is COc1cc(OC(F)(F)F)c(C(F)(F)F)nc1CN. The van der Waals surface area contributed by atoms with Crippen LogP contribution in [0.25, 0.3) is 0 Å². The molecule has 0 aliphatic rings. The maximum absolute atomic E-state index is 12.6. The van der Waals surface area contributed by atoms with Crippen molar-refractivity contribution in [3.63, 3.8) is 0 Å². The molecule has 0 fully saturated rings. The summed E-state index contributed by atoms with van der Waals surface area (Å²) in [6.07, 6.45) is -10.4. The monoisotopic (exact) mass is 290 g/mol. The Balaban J connectivity index is 3.41. The van der Waals surface area contributed by atoms with E-state index < -0.39 is 30.5 Å². The lowest BCUT2D eigenvalue weighted by atomic mass is 10.2. The summed E-state index contributed by atoms with van der Waals surface area (Å²) < 4.78 is 81.8. The van der Waals surface area contributed by atoms with Gasteiger partial charge in [0.2, 0.25) is 0 Å². The number of nitrogens with two attached hydrogens (primary N) is 1. The smallest absolute Gasteiger partial charge is 0.495 e. The lowest BCUT2D eigenvalue weighted by Gasteiger charge is -2.17. The van der Waals surface area contributed by atoms with Crippen LogP contribution in [0.3, 0.4) is 0 Å². The second-order valence-corrected chi connectivity index (χ2v) is 3.23. The van der Waals surface area contributed by atoms with E-state index in [0.717, 1.165) is 7.11 Å². The van der Waals surface area contributed by atoms with Crippen LogP contribution in [0.5, 0.6) is 11.5 Å². The zero-order valence-corrected chi connectivity index (χ0v) is 9.39. The number of hydrogen-bond donors (Lipinski definition) is 1. The van der Waals surface area contributed by atoms with E-state index >= 15 is 0 Å².